The molecule has 0 unspecified atom stereocenters. The average molecular weight is 325 g/mol. The summed E-state index contributed by atoms with van der Waals surface area (Å²) in [5.41, 5.74) is 8.79. The standard InChI is InChI=1S/C19H27N5/c1-3-5-13-24(14-6-4-2)19(21)18-17(22-11-12-23-18)15-7-9-16(20)10-8-15/h7-12,21H,3-6,13-14,20H2,1-2H3. The quantitative estimate of drug-likeness (QED) is 0.437. The molecule has 0 aliphatic heterocycles. The lowest BCUT2D eigenvalue weighted by atomic mass is 10.1. The third-order valence-corrected chi connectivity index (χ3v) is 3.99. The van der Waals surface area contributed by atoms with Crippen molar-refractivity contribution in [1.29, 1.82) is 5.41 Å². The highest BCUT2D eigenvalue weighted by Gasteiger charge is 2.18. The molecule has 0 bridgehead atoms. The van der Waals surface area contributed by atoms with Crippen molar-refractivity contribution in [1.82, 2.24) is 14.9 Å². The molecule has 0 atom stereocenters. The molecule has 1 aromatic carbocycles. The van der Waals surface area contributed by atoms with Crippen molar-refractivity contribution in [2.45, 2.75) is 39.5 Å². The Morgan fingerprint density at radius 1 is 1.00 bits per heavy atom. The van der Waals surface area contributed by atoms with Crippen LogP contribution in [0.5, 0.6) is 0 Å². The van der Waals surface area contributed by atoms with E-state index in [2.05, 4.69) is 28.7 Å². The van der Waals surface area contributed by atoms with Crippen LogP contribution in [0.25, 0.3) is 11.3 Å². The van der Waals surface area contributed by atoms with Crippen LogP contribution in [-0.2, 0) is 0 Å². The molecule has 5 heteroatoms. The Balaban J connectivity index is 2.31. The molecule has 24 heavy (non-hydrogen) atoms. The Kier molecular flexibility index (Phi) is 6.73. The zero-order chi connectivity index (χ0) is 17.4. The average Bonchev–Trinajstić information content (AvgIpc) is 2.62. The summed E-state index contributed by atoms with van der Waals surface area (Å²) in [6, 6.07) is 7.56. The van der Waals surface area contributed by atoms with E-state index in [1.807, 2.05) is 24.3 Å². The smallest absolute Gasteiger partial charge is 0.149 e. The van der Waals surface area contributed by atoms with Gasteiger partial charge >= 0.3 is 0 Å². The van der Waals surface area contributed by atoms with E-state index in [9.17, 15) is 0 Å². The normalized spacial score (nSPS) is 10.6. The number of hydrogen-bond acceptors (Lipinski definition) is 4. The van der Waals surface area contributed by atoms with Crippen LogP contribution in [0, 0.1) is 5.41 Å². The Morgan fingerprint density at radius 2 is 1.58 bits per heavy atom. The first-order valence-electron chi connectivity index (χ1n) is 8.68. The van der Waals surface area contributed by atoms with Gasteiger partial charge < -0.3 is 10.6 Å². The summed E-state index contributed by atoms with van der Waals surface area (Å²) < 4.78 is 0. The molecule has 1 heterocycles. The fourth-order valence-corrected chi connectivity index (χ4v) is 2.55. The number of nitrogens with one attached hydrogen (secondary N) is 1. The minimum Gasteiger partial charge on any atom is -0.399 e. The summed E-state index contributed by atoms with van der Waals surface area (Å²) >= 11 is 0. The number of rotatable bonds is 8. The maximum absolute atomic E-state index is 8.67. The van der Waals surface area contributed by atoms with Crippen molar-refractivity contribution < 1.29 is 0 Å². The van der Waals surface area contributed by atoms with Crippen LogP contribution in [0.1, 0.15) is 45.2 Å². The van der Waals surface area contributed by atoms with Crippen LogP contribution in [0.15, 0.2) is 36.7 Å². The van der Waals surface area contributed by atoms with E-state index in [1.54, 1.807) is 12.4 Å². The van der Waals surface area contributed by atoms with Gasteiger partial charge in [-0.3, -0.25) is 10.4 Å². The zero-order valence-corrected chi connectivity index (χ0v) is 14.6. The number of benzene rings is 1. The van der Waals surface area contributed by atoms with Gasteiger partial charge in [0.05, 0.1) is 5.69 Å². The van der Waals surface area contributed by atoms with Gasteiger partial charge in [-0.15, -0.1) is 0 Å². The maximum atomic E-state index is 8.67. The van der Waals surface area contributed by atoms with E-state index in [0.29, 0.717) is 17.2 Å². The number of nitrogens with two attached hydrogens (primary N) is 1. The first-order chi connectivity index (χ1) is 11.7. The first kappa shape index (κ1) is 17.9. The molecule has 2 rings (SSSR count). The molecular formula is C19H27N5. The van der Waals surface area contributed by atoms with Crippen molar-refractivity contribution in [3.8, 4) is 11.3 Å². The van der Waals surface area contributed by atoms with Gasteiger partial charge in [0.25, 0.3) is 0 Å². The topological polar surface area (TPSA) is 78.9 Å². The van der Waals surface area contributed by atoms with Gasteiger partial charge in [0.2, 0.25) is 0 Å². The highest BCUT2D eigenvalue weighted by Crippen LogP contribution is 2.22. The number of hydrogen-bond donors (Lipinski definition) is 2. The summed E-state index contributed by atoms with van der Waals surface area (Å²) in [5.74, 6) is 0.455. The number of nitrogen functional groups attached to an aromatic ring is 1. The van der Waals surface area contributed by atoms with E-state index in [0.717, 1.165) is 50.0 Å². The Labute approximate surface area is 144 Å². The molecule has 2 aromatic rings. The molecule has 0 radical (unpaired) electrons. The van der Waals surface area contributed by atoms with Crippen LogP contribution >= 0.6 is 0 Å². The van der Waals surface area contributed by atoms with Gasteiger partial charge in [-0.05, 0) is 25.0 Å². The molecule has 1 aromatic heterocycles. The predicted molar refractivity (Wildman–Crippen MR) is 100 cm³/mol. The molecule has 0 saturated heterocycles. The van der Waals surface area contributed by atoms with Gasteiger partial charge in [-0.2, -0.15) is 0 Å². The Hall–Kier alpha value is -2.43. The third kappa shape index (κ3) is 4.54. The lowest BCUT2D eigenvalue weighted by Crippen LogP contribution is -2.34. The second-order valence-corrected chi connectivity index (χ2v) is 5.92. The van der Waals surface area contributed by atoms with Crippen molar-refractivity contribution in [2.24, 2.45) is 0 Å². The lowest BCUT2D eigenvalue weighted by molar-refractivity contribution is 0.396. The molecule has 5 nitrogen and oxygen atoms in total. The minimum absolute atomic E-state index is 0.455. The minimum atomic E-state index is 0.455. The van der Waals surface area contributed by atoms with Crippen molar-refractivity contribution in [2.75, 3.05) is 18.8 Å². The third-order valence-electron chi connectivity index (χ3n) is 3.99. The van der Waals surface area contributed by atoms with Crippen LogP contribution in [0.4, 0.5) is 5.69 Å². The van der Waals surface area contributed by atoms with E-state index in [4.69, 9.17) is 11.1 Å². The van der Waals surface area contributed by atoms with Gasteiger partial charge in [0.15, 0.2) is 0 Å². The highest BCUT2D eigenvalue weighted by molar-refractivity contribution is 5.99. The van der Waals surface area contributed by atoms with Crippen LogP contribution in [-0.4, -0.2) is 33.8 Å². The van der Waals surface area contributed by atoms with E-state index in [1.165, 1.54) is 0 Å². The summed E-state index contributed by atoms with van der Waals surface area (Å²) in [5, 5.41) is 8.67. The summed E-state index contributed by atoms with van der Waals surface area (Å²) in [4.78, 5) is 11.0. The molecule has 0 aliphatic rings. The number of aromatic nitrogens is 2. The second-order valence-electron chi connectivity index (χ2n) is 5.92. The molecule has 3 N–H and O–H groups in total. The van der Waals surface area contributed by atoms with Crippen molar-refractivity contribution >= 4 is 11.5 Å². The lowest BCUT2D eigenvalue weighted by Gasteiger charge is -2.25. The fourth-order valence-electron chi connectivity index (χ4n) is 2.55. The summed E-state index contributed by atoms with van der Waals surface area (Å²) in [7, 11) is 0. The van der Waals surface area contributed by atoms with Crippen LogP contribution in [0.3, 0.4) is 0 Å². The largest absolute Gasteiger partial charge is 0.399 e. The summed E-state index contributed by atoms with van der Waals surface area (Å²) in [6.45, 7) is 6.10. The van der Waals surface area contributed by atoms with E-state index >= 15 is 0 Å². The Morgan fingerprint density at radius 3 is 2.17 bits per heavy atom. The predicted octanol–water partition coefficient (Wildman–Crippen LogP) is 3.95. The van der Waals surface area contributed by atoms with Gasteiger partial charge in [-0.25, -0.2) is 4.98 Å². The number of nitrogens with zero attached hydrogens (tertiary/aromatic N) is 3. The van der Waals surface area contributed by atoms with Gasteiger partial charge in [-0.1, -0.05) is 38.8 Å². The molecule has 0 saturated carbocycles. The zero-order valence-electron chi connectivity index (χ0n) is 14.6. The molecule has 128 valence electrons. The van der Waals surface area contributed by atoms with Gasteiger partial charge in [0, 0.05) is 36.7 Å². The first-order valence-corrected chi connectivity index (χ1v) is 8.68. The van der Waals surface area contributed by atoms with Gasteiger partial charge in [0.1, 0.15) is 11.5 Å². The molecular weight excluding hydrogens is 298 g/mol. The van der Waals surface area contributed by atoms with Crippen LogP contribution in [0.2, 0.25) is 0 Å². The van der Waals surface area contributed by atoms with E-state index < -0.39 is 0 Å². The van der Waals surface area contributed by atoms with E-state index in [-0.39, 0.29) is 0 Å². The highest BCUT2D eigenvalue weighted by atomic mass is 15.2. The fraction of sp³-hybridized carbons (Fsp3) is 0.421. The number of anilines is 1. The van der Waals surface area contributed by atoms with Crippen molar-refractivity contribution in [3.63, 3.8) is 0 Å². The monoisotopic (exact) mass is 325 g/mol. The molecule has 0 spiro atoms. The maximum Gasteiger partial charge on any atom is 0.149 e. The summed E-state index contributed by atoms with van der Waals surface area (Å²) in [6.07, 6.45) is 7.70. The van der Waals surface area contributed by atoms with Crippen LogP contribution < -0.4 is 5.73 Å². The number of unbranched alkanes of at least 4 members (excludes halogenated alkanes) is 2. The Bertz CT molecular complexity index is 643. The molecule has 0 aliphatic carbocycles. The number of amidine groups is 1. The second kappa shape index (κ2) is 9.01. The molecule has 0 fully saturated rings. The molecule has 0 amide bonds. The van der Waals surface area contributed by atoms with Crippen molar-refractivity contribution in [3.05, 3.63) is 42.4 Å². The SMILES string of the molecule is CCCCN(CCCC)C(=N)c1nccnc1-c1ccc(N)cc1.